The second-order valence-electron chi connectivity index (χ2n) is 8.31. The lowest BCUT2D eigenvalue weighted by Crippen LogP contribution is -2.46. The van der Waals surface area contributed by atoms with Crippen LogP contribution < -0.4 is 20.9 Å². The van der Waals surface area contributed by atoms with Crippen molar-refractivity contribution in [2.24, 2.45) is 14.1 Å². The maximum Gasteiger partial charge on any atom is 0.332 e. The minimum absolute atomic E-state index is 0.0155. The third-order valence-corrected chi connectivity index (χ3v) is 6.21. The van der Waals surface area contributed by atoms with Crippen LogP contribution in [0, 0.1) is 0 Å². The molecule has 1 unspecified atom stereocenters. The maximum absolute atomic E-state index is 12.9. The van der Waals surface area contributed by atoms with Crippen LogP contribution in [0.3, 0.4) is 0 Å². The van der Waals surface area contributed by atoms with E-state index in [2.05, 4.69) is 14.8 Å². The Kier molecular flexibility index (Phi) is 6.54. The highest BCUT2D eigenvalue weighted by Gasteiger charge is 2.24. The van der Waals surface area contributed by atoms with Crippen molar-refractivity contribution >= 4 is 16.9 Å². The van der Waals surface area contributed by atoms with Gasteiger partial charge in [-0.05, 0) is 24.3 Å². The smallest absolute Gasteiger partial charge is 0.332 e. The minimum Gasteiger partial charge on any atom is -0.497 e. The highest BCUT2D eigenvalue weighted by molar-refractivity contribution is 5.71. The van der Waals surface area contributed by atoms with Gasteiger partial charge in [-0.3, -0.25) is 18.8 Å². The van der Waals surface area contributed by atoms with E-state index in [1.165, 1.54) is 11.6 Å². The van der Waals surface area contributed by atoms with E-state index in [-0.39, 0.29) is 17.7 Å². The summed E-state index contributed by atoms with van der Waals surface area (Å²) in [4.78, 5) is 34.4. The van der Waals surface area contributed by atoms with Crippen molar-refractivity contribution in [3.63, 3.8) is 0 Å². The predicted molar refractivity (Wildman–Crippen MR) is 124 cm³/mol. The SMILES string of the molecule is COc1ccc(N2CCN(Cc3nc4c(c(=O)n(C)c(=O)n4C)n3CC(O)CO)CC2)cc1. The van der Waals surface area contributed by atoms with Crippen LogP contribution >= 0.6 is 0 Å². The summed E-state index contributed by atoms with van der Waals surface area (Å²) in [5, 5.41) is 19.5. The molecular weight excluding hydrogens is 428 g/mol. The summed E-state index contributed by atoms with van der Waals surface area (Å²) < 4.78 is 9.23. The first kappa shape index (κ1) is 23.0. The van der Waals surface area contributed by atoms with Gasteiger partial charge in [0.1, 0.15) is 11.6 Å². The van der Waals surface area contributed by atoms with Crippen molar-refractivity contribution in [1.82, 2.24) is 23.6 Å². The summed E-state index contributed by atoms with van der Waals surface area (Å²) in [6, 6.07) is 7.98. The quantitative estimate of drug-likeness (QED) is 0.469. The molecule has 0 aliphatic carbocycles. The average Bonchev–Trinajstić information content (AvgIpc) is 3.19. The molecule has 3 aromatic rings. The molecule has 0 amide bonds. The van der Waals surface area contributed by atoms with E-state index in [4.69, 9.17) is 4.74 Å². The fourth-order valence-electron chi connectivity index (χ4n) is 4.23. The third-order valence-electron chi connectivity index (χ3n) is 6.21. The Morgan fingerprint density at radius 1 is 1.06 bits per heavy atom. The maximum atomic E-state index is 12.9. The molecule has 1 aromatic carbocycles. The molecule has 0 saturated carbocycles. The van der Waals surface area contributed by atoms with Crippen LogP contribution in [0.15, 0.2) is 33.9 Å². The van der Waals surface area contributed by atoms with Gasteiger partial charge in [-0.1, -0.05) is 0 Å². The standard InChI is InChI=1S/C22H30N6O5/c1-24-20-19(21(31)25(2)22(24)32)28(12-16(30)14-29)18(23-20)13-26-8-10-27(11-9-26)15-4-6-17(33-3)7-5-15/h4-7,16,29-30H,8-14H2,1-3H3. The summed E-state index contributed by atoms with van der Waals surface area (Å²) in [5.41, 5.74) is 0.729. The fraction of sp³-hybridized carbons (Fsp3) is 0.500. The van der Waals surface area contributed by atoms with Crippen LogP contribution in [0.25, 0.3) is 11.2 Å². The third kappa shape index (κ3) is 4.39. The minimum atomic E-state index is -1.05. The van der Waals surface area contributed by atoms with Crippen molar-refractivity contribution in [3.05, 3.63) is 50.9 Å². The van der Waals surface area contributed by atoms with E-state index in [0.717, 1.165) is 42.2 Å². The summed E-state index contributed by atoms with van der Waals surface area (Å²) in [7, 11) is 4.64. The molecule has 1 atom stereocenters. The number of anilines is 1. The van der Waals surface area contributed by atoms with Crippen LogP contribution in [0.5, 0.6) is 5.75 Å². The Balaban J connectivity index is 1.59. The number of ether oxygens (including phenoxy) is 1. The lowest BCUT2D eigenvalue weighted by atomic mass is 10.2. The molecule has 1 fully saturated rings. The Labute approximate surface area is 190 Å². The molecule has 3 heterocycles. The van der Waals surface area contributed by atoms with Gasteiger partial charge in [-0.15, -0.1) is 0 Å². The molecule has 0 radical (unpaired) electrons. The van der Waals surface area contributed by atoms with Gasteiger partial charge >= 0.3 is 5.69 Å². The van der Waals surface area contributed by atoms with Crippen molar-refractivity contribution < 1.29 is 14.9 Å². The molecule has 11 heteroatoms. The van der Waals surface area contributed by atoms with Gasteiger partial charge in [-0.25, -0.2) is 9.78 Å². The molecular formula is C22H30N6O5. The van der Waals surface area contributed by atoms with Gasteiger partial charge in [-0.2, -0.15) is 0 Å². The van der Waals surface area contributed by atoms with Crippen molar-refractivity contribution in [1.29, 1.82) is 0 Å². The normalized spacial score (nSPS) is 15.8. The summed E-state index contributed by atoms with van der Waals surface area (Å²) in [6.45, 7) is 3.26. The lowest BCUT2D eigenvalue weighted by Gasteiger charge is -2.36. The summed E-state index contributed by atoms with van der Waals surface area (Å²) >= 11 is 0. The van der Waals surface area contributed by atoms with Gasteiger partial charge in [0, 0.05) is 46.0 Å². The fourth-order valence-corrected chi connectivity index (χ4v) is 4.23. The number of rotatable bonds is 7. The zero-order chi connectivity index (χ0) is 23.7. The molecule has 1 aliphatic heterocycles. The topological polar surface area (TPSA) is 118 Å². The number of nitrogens with zero attached hydrogens (tertiary/aromatic N) is 6. The Hall–Kier alpha value is -3.15. The molecule has 0 spiro atoms. The van der Waals surface area contributed by atoms with E-state index in [1.54, 1.807) is 18.7 Å². The number of hydrogen-bond donors (Lipinski definition) is 2. The molecule has 178 valence electrons. The highest BCUT2D eigenvalue weighted by atomic mass is 16.5. The van der Waals surface area contributed by atoms with Crippen LogP contribution in [0.2, 0.25) is 0 Å². The number of benzene rings is 1. The van der Waals surface area contributed by atoms with E-state index >= 15 is 0 Å². The number of aliphatic hydroxyl groups excluding tert-OH is 2. The summed E-state index contributed by atoms with van der Waals surface area (Å²) in [6.07, 6.45) is -1.05. The van der Waals surface area contributed by atoms with Crippen molar-refractivity contribution in [2.75, 3.05) is 44.8 Å². The first-order chi connectivity index (χ1) is 15.8. The highest BCUT2D eigenvalue weighted by Crippen LogP contribution is 2.21. The number of piperazine rings is 1. The van der Waals surface area contributed by atoms with Crippen LogP contribution in [0.1, 0.15) is 5.82 Å². The Morgan fingerprint density at radius 3 is 2.33 bits per heavy atom. The van der Waals surface area contributed by atoms with E-state index < -0.39 is 24.0 Å². The number of hydrogen-bond acceptors (Lipinski definition) is 8. The van der Waals surface area contributed by atoms with Gasteiger partial charge in [0.05, 0.1) is 32.9 Å². The first-order valence-electron chi connectivity index (χ1n) is 10.9. The molecule has 4 rings (SSSR count). The van der Waals surface area contributed by atoms with E-state index in [9.17, 15) is 19.8 Å². The van der Waals surface area contributed by atoms with Gasteiger partial charge in [0.25, 0.3) is 5.56 Å². The average molecular weight is 459 g/mol. The molecule has 33 heavy (non-hydrogen) atoms. The number of methoxy groups -OCH3 is 1. The summed E-state index contributed by atoms with van der Waals surface area (Å²) in [5.74, 6) is 1.40. The predicted octanol–water partition coefficient (Wildman–Crippen LogP) is -0.882. The van der Waals surface area contributed by atoms with Crippen LogP contribution in [0.4, 0.5) is 5.69 Å². The number of imidazole rings is 1. The Morgan fingerprint density at radius 2 is 1.73 bits per heavy atom. The lowest BCUT2D eigenvalue weighted by molar-refractivity contribution is 0.0806. The number of aryl methyl sites for hydroxylation is 1. The van der Waals surface area contributed by atoms with Crippen LogP contribution in [-0.4, -0.2) is 79.8 Å². The molecule has 1 aliphatic rings. The number of fused-ring (bicyclic) bond motifs is 1. The molecule has 0 bridgehead atoms. The zero-order valence-corrected chi connectivity index (χ0v) is 19.1. The largest absolute Gasteiger partial charge is 0.497 e. The molecule has 2 aromatic heterocycles. The molecule has 1 saturated heterocycles. The number of aliphatic hydroxyl groups is 2. The number of aromatic nitrogens is 4. The second-order valence-corrected chi connectivity index (χ2v) is 8.31. The second kappa shape index (κ2) is 9.38. The van der Waals surface area contributed by atoms with Crippen molar-refractivity contribution in [3.8, 4) is 5.75 Å². The first-order valence-corrected chi connectivity index (χ1v) is 10.9. The van der Waals surface area contributed by atoms with E-state index in [0.29, 0.717) is 12.4 Å². The van der Waals surface area contributed by atoms with Gasteiger partial charge in [0.2, 0.25) is 0 Å². The van der Waals surface area contributed by atoms with Crippen LogP contribution in [-0.2, 0) is 27.2 Å². The monoisotopic (exact) mass is 458 g/mol. The van der Waals surface area contributed by atoms with Crippen molar-refractivity contribution in [2.45, 2.75) is 19.2 Å². The zero-order valence-electron chi connectivity index (χ0n) is 19.1. The molecule has 11 nitrogen and oxygen atoms in total. The Bertz CT molecular complexity index is 1240. The molecule has 2 N–H and O–H groups in total. The van der Waals surface area contributed by atoms with Gasteiger partial charge in [0.15, 0.2) is 11.2 Å². The van der Waals surface area contributed by atoms with Gasteiger partial charge < -0.3 is 24.4 Å². The van der Waals surface area contributed by atoms with E-state index in [1.807, 2.05) is 24.3 Å².